The standard InChI is InChI=1S/C31H27ClN2O4S/c1-21-13-16-25(17-14-21)39(37,38)33-29(28(35)24-11-7-4-8-12-24)31(32)26-19-22(2)15-18-27(26)34(30(31)36)20-23-9-5-3-6-10-23/h3-19,29,33H,20H2,1-2H3/t29?,31-/m1/s1. The third kappa shape index (κ3) is 5.01. The van der Waals surface area contributed by atoms with Gasteiger partial charge in [0.05, 0.1) is 11.4 Å². The number of benzene rings is 4. The molecule has 5 rings (SSSR count). The second-order valence-corrected chi connectivity index (χ2v) is 12.0. The second-order valence-electron chi connectivity index (χ2n) is 9.71. The van der Waals surface area contributed by atoms with Crippen molar-refractivity contribution >= 4 is 39.0 Å². The summed E-state index contributed by atoms with van der Waals surface area (Å²) < 4.78 is 29.7. The van der Waals surface area contributed by atoms with Gasteiger partial charge in [0.2, 0.25) is 10.0 Å². The first-order valence-electron chi connectivity index (χ1n) is 12.5. The van der Waals surface area contributed by atoms with Crippen LogP contribution < -0.4 is 9.62 Å². The summed E-state index contributed by atoms with van der Waals surface area (Å²) in [6, 6.07) is 27.7. The van der Waals surface area contributed by atoms with Crippen LogP contribution in [0, 0.1) is 13.8 Å². The number of Topliss-reactive ketones (excluding diaryl/α,β-unsaturated/α-hetero) is 1. The zero-order valence-electron chi connectivity index (χ0n) is 21.5. The van der Waals surface area contributed by atoms with Crippen LogP contribution in [0.25, 0.3) is 0 Å². The number of nitrogens with zero attached hydrogens (tertiary/aromatic N) is 1. The van der Waals surface area contributed by atoms with Gasteiger partial charge in [-0.2, -0.15) is 4.72 Å². The topological polar surface area (TPSA) is 83.5 Å². The average Bonchev–Trinajstić information content (AvgIpc) is 3.14. The molecule has 0 saturated carbocycles. The molecule has 1 aliphatic rings. The van der Waals surface area contributed by atoms with Crippen molar-refractivity contribution in [1.29, 1.82) is 0 Å². The van der Waals surface area contributed by atoms with Crippen molar-refractivity contribution in [3.05, 3.63) is 131 Å². The molecule has 198 valence electrons. The Morgan fingerprint density at radius 3 is 2.10 bits per heavy atom. The Balaban J connectivity index is 1.66. The van der Waals surface area contributed by atoms with Gasteiger partial charge in [-0.25, -0.2) is 8.42 Å². The minimum Gasteiger partial charge on any atom is -0.306 e. The summed E-state index contributed by atoms with van der Waals surface area (Å²) in [4.78, 5) is 27.7. The molecule has 8 heteroatoms. The molecule has 4 aromatic rings. The van der Waals surface area contributed by atoms with Gasteiger partial charge < -0.3 is 4.90 Å². The number of rotatable bonds is 8. The average molecular weight is 559 g/mol. The Labute approximate surface area is 233 Å². The molecule has 0 spiro atoms. The number of carbonyl (C=O) groups excluding carboxylic acids is 2. The highest BCUT2D eigenvalue weighted by atomic mass is 35.5. The number of amides is 1. The highest BCUT2D eigenvalue weighted by Crippen LogP contribution is 2.49. The van der Waals surface area contributed by atoms with Crippen molar-refractivity contribution in [2.75, 3.05) is 4.90 Å². The lowest BCUT2D eigenvalue weighted by molar-refractivity contribution is -0.121. The second kappa shape index (κ2) is 10.4. The van der Waals surface area contributed by atoms with Crippen molar-refractivity contribution in [2.45, 2.75) is 36.2 Å². The van der Waals surface area contributed by atoms with E-state index >= 15 is 0 Å². The van der Waals surface area contributed by atoms with Gasteiger partial charge in [0.25, 0.3) is 5.91 Å². The molecular formula is C31H27ClN2O4S. The van der Waals surface area contributed by atoms with E-state index in [0.717, 1.165) is 16.7 Å². The molecule has 6 nitrogen and oxygen atoms in total. The molecule has 0 fully saturated rings. The fraction of sp³-hybridized carbons (Fsp3) is 0.161. The number of anilines is 1. The number of carbonyl (C=O) groups is 2. The van der Waals surface area contributed by atoms with Crippen LogP contribution >= 0.6 is 11.6 Å². The lowest BCUT2D eigenvalue weighted by atomic mass is 9.86. The van der Waals surface area contributed by atoms with Crippen molar-refractivity contribution in [1.82, 2.24) is 4.72 Å². The van der Waals surface area contributed by atoms with Gasteiger partial charge >= 0.3 is 0 Å². The fourth-order valence-electron chi connectivity index (χ4n) is 4.82. The van der Waals surface area contributed by atoms with Crippen LogP contribution in [0.2, 0.25) is 0 Å². The molecule has 1 amide bonds. The van der Waals surface area contributed by atoms with E-state index in [4.69, 9.17) is 11.6 Å². The number of hydrogen-bond donors (Lipinski definition) is 1. The molecule has 0 aromatic heterocycles. The predicted octanol–water partition coefficient (Wildman–Crippen LogP) is 5.51. The Morgan fingerprint density at radius 2 is 1.46 bits per heavy atom. The van der Waals surface area contributed by atoms with E-state index in [0.29, 0.717) is 11.3 Å². The Hall–Kier alpha value is -3.78. The summed E-state index contributed by atoms with van der Waals surface area (Å²) >= 11 is 7.28. The molecule has 2 atom stereocenters. The summed E-state index contributed by atoms with van der Waals surface area (Å²) in [5.41, 5.74) is 3.71. The van der Waals surface area contributed by atoms with Crippen molar-refractivity contribution in [2.24, 2.45) is 0 Å². The van der Waals surface area contributed by atoms with Crippen LogP contribution in [-0.4, -0.2) is 26.2 Å². The van der Waals surface area contributed by atoms with Crippen molar-refractivity contribution in [3.63, 3.8) is 0 Å². The molecule has 0 radical (unpaired) electrons. The third-order valence-corrected chi connectivity index (χ3v) is 8.92. The summed E-state index contributed by atoms with van der Waals surface area (Å²) in [5.74, 6) is -1.18. The molecule has 39 heavy (non-hydrogen) atoms. The van der Waals surface area contributed by atoms with Crippen LogP contribution in [0.5, 0.6) is 0 Å². The minimum absolute atomic E-state index is 0.0321. The first-order chi connectivity index (χ1) is 18.6. The van der Waals surface area contributed by atoms with Crippen LogP contribution in [-0.2, 0) is 26.2 Å². The van der Waals surface area contributed by atoms with E-state index in [1.54, 1.807) is 54.6 Å². The molecular weight excluding hydrogens is 532 g/mol. The van der Waals surface area contributed by atoms with Gasteiger partial charge in [-0.1, -0.05) is 96.1 Å². The van der Waals surface area contributed by atoms with E-state index in [-0.39, 0.29) is 17.0 Å². The number of sulfonamides is 1. The summed E-state index contributed by atoms with van der Waals surface area (Å²) in [6.07, 6.45) is 0. The number of alkyl halides is 1. The van der Waals surface area contributed by atoms with E-state index < -0.39 is 32.6 Å². The summed E-state index contributed by atoms with van der Waals surface area (Å²) in [6.45, 7) is 3.91. The van der Waals surface area contributed by atoms with Crippen LogP contribution in [0.3, 0.4) is 0 Å². The predicted molar refractivity (Wildman–Crippen MR) is 152 cm³/mol. The van der Waals surface area contributed by atoms with Gasteiger partial charge in [-0.3, -0.25) is 9.59 Å². The first-order valence-corrected chi connectivity index (χ1v) is 14.3. The molecule has 0 bridgehead atoms. The quantitative estimate of drug-likeness (QED) is 0.228. The SMILES string of the molecule is Cc1ccc(S(=O)(=O)NC(C(=O)c2ccccc2)[C@@]2(Cl)C(=O)N(Cc3ccccc3)c3ccc(C)cc32)cc1. The lowest BCUT2D eigenvalue weighted by Gasteiger charge is -2.31. The Morgan fingerprint density at radius 1 is 0.872 bits per heavy atom. The number of nitrogens with one attached hydrogen (secondary N) is 1. The fourth-order valence-corrected chi connectivity index (χ4v) is 6.52. The van der Waals surface area contributed by atoms with Crippen molar-refractivity contribution < 1.29 is 18.0 Å². The highest BCUT2D eigenvalue weighted by Gasteiger charge is 2.58. The maximum absolute atomic E-state index is 14.3. The normalized spacial score (nSPS) is 17.6. The molecule has 4 aromatic carbocycles. The van der Waals surface area contributed by atoms with Crippen molar-refractivity contribution in [3.8, 4) is 0 Å². The first kappa shape index (κ1) is 26.8. The maximum Gasteiger partial charge on any atom is 0.255 e. The minimum atomic E-state index is -4.24. The largest absolute Gasteiger partial charge is 0.306 e. The summed E-state index contributed by atoms with van der Waals surface area (Å²) in [7, 11) is -4.24. The van der Waals surface area contributed by atoms with Crippen LogP contribution in [0.1, 0.15) is 32.6 Å². The number of hydrogen-bond acceptors (Lipinski definition) is 4. The zero-order chi connectivity index (χ0) is 27.8. The number of halogens is 1. The highest BCUT2D eigenvalue weighted by molar-refractivity contribution is 7.89. The number of aryl methyl sites for hydroxylation is 2. The Kier molecular flexibility index (Phi) is 7.16. The molecule has 1 N–H and O–H groups in total. The molecule has 0 aliphatic carbocycles. The molecule has 1 aliphatic heterocycles. The lowest BCUT2D eigenvalue weighted by Crippen LogP contribution is -2.56. The van der Waals surface area contributed by atoms with Gasteiger partial charge in [-0.15, -0.1) is 11.6 Å². The van der Waals surface area contributed by atoms with Crippen LogP contribution in [0.15, 0.2) is 108 Å². The molecule has 0 saturated heterocycles. The summed E-state index contributed by atoms with van der Waals surface area (Å²) in [5, 5.41) is 0. The smallest absolute Gasteiger partial charge is 0.255 e. The zero-order valence-corrected chi connectivity index (χ0v) is 23.0. The Bertz CT molecular complexity index is 1640. The molecule has 1 heterocycles. The van der Waals surface area contributed by atoms with Gasteiger partial charge in [0.15, 0.2) is 10.7 Å². The van der Waals surface area contributed by atoms with E-state index in [2.05, 4.69) is 4.72 Å². The number of ketones is 1. The molecule has 1 unspecified atom stereocenters. The number of fused-ring (bicyclic) bond motifs is 1. The third-order valence-electron chi connectivity index (χ3n) is 6.90. The maximum atomic E-state index is 14.3. The van der Waals surface area contributed by atoms with Crippen LogP contribution in [0.4, 0.5) is 5.69 Å². The van der Waals surface area contributed by atoms with E-state index in [1.165, 1.54) is 17.0 Å². The van der Waals surface area contributed by atoms with E-state index in [9.17, 15) is 18.0 Å². The van der Waals surface area contributed by atoms with Gasteiger partial charge in [0.1, 0.15) is 6.04 Å². The van der Waals surface area contributed by atoms with Gasteiger partial charge in [-0.05, 0) is 37.6 Å². The monoisotopic (exact) mass is 558 g/mol. The van der Waals surface area contributed by atoms with Gasteiger partial charge in [0, 0.05) is 16.8 Å². The van der Waals surface area contributed by atoms with E-state index in [1.807, 2.05) is 50.2 Å².